The molecule has 6 heteroatoms. The Labute approximate surface area is 150 Å². The number of thiazole rings is 1. The van der Waals surface area contributed by atoms with Crippen LogP contribution in [0.4, 0.5) is 0 Å². The van der Waals surface area contributed by atoms with Crippen molar-refractivity contribution in [1.29, 1.82) is 0 Å². The van der Waals surface area contributed by atoms with Crippen LogP contribution in [0.15, 0.2) is 30.3 Å². The topological polar surface area (TPSA) is 70.5 Å². The summed E-state index contributed by atoms with van der Waals surface area (Å²) in [5.41, 5.74) is 1.74. The summed E-state index contributed by atoms with van der Waals surface area (Å²) in [7, 11) is 0. The minimum Gasteiger partial charge on any atom is -0.481 e. The Kier molecular flexibility index (Phi) is 3.87. The van der Waals surface area contributed by atoms with Crippen molar-refractivity contribution in [2.45, 2.75) is 26.2 Å². The van der Waals surface area contributed by atoms with E-state index in [9.17, 15) is 14.7 Å². The van der Waals surface area contributed by atoms with Gasteiger partial charge in [0, 0.05) is 18.7 Å². The molecule has 1 saturated carbocycles. The first kappa shape index (κ1) is 16.3. The van der Waals surface area contributed by atoms with Gasteiger partial charge >= 0.3 is 5.97 Å². The van der Waals surface area contributed by atoms with Crippen LogP contribution in [0.5, 0.6) is 0 Å². The Bertz CT molecular complexity index is 822. The summed E-state index contributed by atoms with van der Waals surface area (Å²) < 4.78 is 0. The maximum absolute atomic E-state index is 12.9. The molecule has 1 aromatic carbocycles. The van der Waals surface area contributed by atoms with Gasteiger partial charge in [0.25, 0.3) is 5.91 Å². The molecule has 5 nitrogen and oxygen atoms in total. The Morgan fingerprint density at radius 2 is 1.92 bits per heavy atom. The van der Waals surface area contributed by atoms with Gasteiger partial charge in [-0.05, 0) is 31.6 Å². The highest BCUT2D eigenvalue weighted by Gasteiger charge is 2.59. The zero-order valence-corrected chi connectivity index (χ0v) is 14.9. The molecule has 0 radical (unpaired) electrons. The van der Waals surface area contributed by atoms with Crippen LogP contribution >= 0.6 is 11.3 Å². The quantitative estimate of drug-likeness (QED) is 0.914. The molecule has 4 rings (SSSR count). The van der Waals surface area contributed by atoms with Crippen LogP contribution in [0.1, 0.15) is 34.6 Å². The zero-order chi connectivity index (χ0) is 17.6. The van der Waals surface area contributed by atoms with Crippen LogP contribution < -0.4 is 0 Å². The molecule has 2 aromatic rings. The van der Waals surface area contributed by atoms with Gasteiger partial charge in [-0.3, -0.25) is 9.59 Å². The van der Waals surface area contributed by atoms with E-state index < -0.39 is 5.97 Å². The first-order valence-electron chi connectivity index (χ1n) is 8.55. The molecule has 1 unspecified atom stereocenters. The lowest BCUT2D eigenvalue weighted by Crippen LogP contribution is -2.39. The fourth-order valence-electron chi connectivity index (χ4n) is 3.85. The SMILES string of the molecule is Cc1nc(-c2ccccc2)sc1C(=O)N1CCC2(CC1)CC2C(=O)O. The standard InChI is InChI=1S/C19H20N2O3S/c1-12-15(25-16(20-12)13-5-3-2-4-6-13)17(22)21-9-7-19(8-10-21)11-14(19)18(23)24/h2-6,14H,7-11H2,1H3,(H,23,24). The largest absolute Gasteiger partial charge is 0.481 e. The number of hydrogen-bond acceptors (Lipinski definition) is 4. The van der Waals surface area contributed by atoms with Gasteiger partial charge < -0.3 is 10.0 Å². The van der Waals surface area contributed by atoms with Crippen molar-refractivity contribution in [3.63, 3.8) is 0 Å². The second-order valence-electron chi connectivity index (χ2n) is 7.05. The van der Waals surface area contributed by atoms with E-state index in [0.717, 1.165) is 35.5 Å². The van der Waals surface area contributed by atoms with E-state index in [-0.39, 0.29) is 17.2 Å². The molecule has 2 aliphatic rings. The minimum atomic E-state index is -0.689. The fraction of sp³-hybridized carbons (Fsp3) is 0.421. The number of carboxylic acid groups (broad SMARTS) is 1. The lowest BCUT2D eigenvalue weighted by Gasteiger charge is -2.32. The molecule has 1 amide bonds. The minimum absolute atomic E-state index is 0.0274. The van der Waals surface area contributed by atoms with Crippen LogP contribution in [0.2, 0.25) is 0 Å². The van der Waals surface area contributed by atoms with Gasteiger partial charge in [-0.2, -0.15) is 0 Å². The summed E-state index contributed by atoms with van der Waals surface area (Å²) in [5.74, 6) is -0.871. The van der Waals surface area contributed by atoms with Crippen LogP contribution in [0, 0.1) is 18.3 Å². The van der Waals surface area contributed by atoms with Crippen LogP contribution in [-0.2, 0) is 4.79 Å². The third-order valence-electron chi connectivity index (χ3n) is 5.55. The molecular formula is C19H20N2O3S. The number of nitrogens with zero attached hydrogens (tertiary/aromatic N) is 2. The van der Waals surface area contributed by atoms with E-state index in [1.807, 2.05) is 42.2 Å². The number of likely N-dealkylation sites (tertiary alicyclic amines) is 1. The summed E-state index contributed by atoms with van der Waals surface area (Å²) >= 11 is 1.44. The Morgan fingerprint density at radius 1 is 1.24 bits per heavy atom. The fourth-order valence-corrected chi connectivity index (χ4v) is 4.89. The smallest absolute Gasteiger partial charge is 0.307 e. The highest BCUT2D eigenvalue weighted by atomic mass is 32.1. The van der Waals surface area contributed by atoms with Crippen molar-refractivity contribution in [2.75, 3.05) is 13.1 Å². The maximum atomic E-state index is 12.9. The van der Waals surface area contributed by atoms with E-state index in [2.05, 4.69) is 4.98 Å². The van der Waals surface area contributed by atoms with Crippen LogP contribution in [-0.4, -0.2) is 40.0 Å². The summed E-state index contributed by atoms with van der Waals surface area (Å²) in [6.45, 7) is 3.16. The Hall–Kier alpha value is -2.21. The number of carbonyl (C=O) groups excluding carboxylic acids is 1. The van der Waals surface area contributed by atoms with Crippen LogP contribution in [0.25, 0.3) is 10.6 Å². The molecule has 2 heterocycles. The van der Waals surface area contributed by atoms with Crippen molar-refractivity contribution >= 4 is 23.2 Å². The number of carbonyl (C=O) groups is 2. The number of piperidine rings is 1. The number of aryl methyl sites for hydroxylation is 1. The summed E-state index contributed by atoms with van der Waals surface area (Å²) in [4.78, 5) is 31.2. The Morgan fingerprint density at radius 3 is 2.52 bits per heavy atom. The van der Waals surface area contributed by atoms with Gasteiger partial charge in [0.15, 0.2) is 0 Å². The van der Waals surface area contributed by atoms with E-state index >= 15 is 0 Å². The second kappa shape index (κ2) is 5.95. The molecule has 1 N–H and O–H groups in total. The normalized spacial score (nSPS) is 21.3. The predicted octanol–water partition coefficient (Wildman–Crippen LogP) is 3.45. The van der Waals surface area contributed by atoms with Crippen LogP contribution in [0.3, 0.4) is 0 Å². The highest BCUT2D eigenvalue weighted by Crippen LogP contribution is 2.59. The van der Waals surface area contributed by atoms with E-state index in [4.69, 9.17) is 0 Å². The zero-order valence-electron chi connectivity index (χ0n) is 14.1. The molecule has 1 spiro atoms. The number of carboxylic acids is 1. The molecule has 2 fully saturated rings. The van der Waals surface area contributed by atoms with Gasteiger partial charge in [0.1, 0.15) is 9.88 Å². The number of aliphatic carboxylic acids is 1. The van der Waals surface area contributed by atoms with Crippen molar-refractivity contribution in [2.24, 2.45) is 11.3 Å². The van der Waals surface area contributed by atoms with Gasteiger partial charge in [-0.15, -0.1) is 11.3 Å². The first-order valence-corrected chi connectivity index (χ1v) is 9.37. The maximum Gasteiger partial charge on any atom is 0.307 e. The van der Waals surface area contributed by atoms with Crippen molar-refractivity contribution < 1.29 is 14.7 Å². The average molecular weight is 356 g/mol. The number of hydrogen-bond donors (Lipinski definition) is 1. The number of benzene rings is 1. The molecule has 1 aliphatic heterocycles. The molecule has 0 bridgehead atoms. The molecule has 1 saturated heterocycles. The molecular weight excluding hydrogens is 336 g/mol. The van der Waals surface area contributed by atoms with E-state index in [0.29, 0.717) is 18.0 Å². The molecule has 1 atom stereocenters. The lowest BCUT2D eigenvalue weighted by molar-refractivity contribution is -0.139. The van der Waals surface area contributed by atoms with Gasteiger partial charge in [0.05, 0.1) is 11.6 Å². The van der Waals surface area contributed by atoms with E-state index in [1.54, 1.807) is 0 Å². The monoisotopic (exact) mass is 356 g/mol. The van der Waals surface area contributed by atoms with Crippen molar-refractivity contribution in [3.8, 4) is 10.6 Å². The van der Waals surface area contributed by atoms with Crippen molar-refractivity contribution in [1.82, 2.24) is 9.88 Å². The predicted molar refractivity (Wildman–Crippen MR) is 95.6 cm³/mol. The number of rotatable bonds is 3. The Balaban J connectivity index is 1.47. The average Bonchev–Trinajstić information content (AvgIpc) is 3.18. The van der Waals surface area contributed by atoms with Gasteiger partial charge in [-0.1, -0.05) is 30.3 Å². The number of aromatic nitrogens is 1. The third kappa shape index (κ3) is 2.84. The van der Waals surface area contributed by atoms with Gasteiger partial charge in [-0.25, -0.2) is 4.98 Å². The van der Waals surface area contributed by atoms with Crippen molar-refractivity contribution in [3.05, 3.63) is 40.9 Å². The summed E-state index contributed by atoms with van der Waals surface area (Å²) in [6, 6.07) is 9.88. The van der Waals surface area contributed by atoms with Gasteiger partial charge in [0.2, 0.25) is 0 Å². The lowest BCUT2D eigenvalue weighted by atomic mass is 9.90. The highest BCUT2D eigenvalue weighted by molar-refractivity contribution is 7.17. The third-order valence-corrected chi connectivity index (χ3v) is 6.74. The molecule has 1 aromatic heterocycles. The summed E-state index contributed by atoms with van der Waals surface area (Å²) in [6.07, 6.45) is 2.35. The molecule has 1 aliphatic carbocycles. The first-order chi connectivity index (χ1) is 12.0. The molecule has 130 valence electrons. The van der Waals surface area contributed by atoms with E-state index in [1.165, 1.54) is 11.3 Å². The number of amides is 1. The summed E-state index contributed by atoms with van der Waals surface area (Å²) in [5, 5.41) is 10.0. The molecule has 25 heavy (non-hydrogen) atoms. The second-order valence-corrected chi connectivity index (χ2v) is 8.05.